The molecular weight excluding hydrogens is 645 g/mol. The second-order valence-electron chi connectivity index (χ2n) is 8.48. The first-order valence-corrected chi connectivity index (χ1v) is 12.1. The van der Waals surface area contributed by atoms with Crippen molar-refractivity contribution >= 4 is 21.8 Å². The van der Waals surface area contributed by atoms with Gasteiger partial charge in [0, 0.05) is 55.2 Å². The van der Waals surface area contributed by atoms with E-state index in [4.69, 9.17) is 0 Å². The third-order valence-electron chi connectivity index (χ3n) is 6.16. The van der Waals surface area contributed by atoms with Crippen LogP contribution in [0.4, 0.5) is 0 Å². The van der Waals surface area contributed by atoms with Gasteiger partial charge < -0.3 is 9.55 Å². The first kappa shape index (κ1) is 25.2. The molecule has 0 aliphatic rings. The summed E-state index contributed by atoms with van der Waals surface area (Å²) in [4.78, 5) is 13.1. The van der Waals surface area contributed by atoms with Crippen LogP contribution in [0.25, 0.3) is 50.1 Å². The molecule has 4 aromatic heterocycles. The van der Waals surface area contributed by atoms with Crippen LogP contribution >= 0.6 is 0 Å². The van der Waals surface area contributed by atoms with Crippen LogP contribution < -0.4 is 0 Å². The molecule has 0 saturated heterocycles. The topological polar surface area (TPSA) is 43.6 Å². The van der Waals surface area contributed by atoms with Crippen LogP contribution in [0.3, 0.4) is 0 Å². The van der Waals surface area contributed by atoms with Crippen molar-refractivity contribution in [3.8, 4) is 28.3 Å². The number of fused-ring (bicyclic) bond motifs is 3. The van der Waals surface area contributed by atoms with Crippen molar-refractivity contribution in [2.24, 2.45) is 0 Å². The molecule has 4 nitrogen and oxygen atoms in total. The number of rotatable bonds is 3. The summed E-state index contributed by atoms with van der Waals surface area (Å²) in [6.45, 7) is 0. The van der Waals surface area contributed by atoms with E-state index in [0.717, 1.165) is 28.3 Å². The molecular formula is C33H23IrN4-. The third-order valence-corrected chi connectivity index (χ3v) is 6.16. The average molecular weight is 668 g/mol. The predicted octanol–water partition coefficient (Wildman–Crippen LogP) is 7.79. The SMILES string of the molecule is [Ir].[c-]1ccccc1-c1ccccn1.c1ccc(-c2cc(-n3c4ccccc4c4ccccc43)ccn2)nc1. The molecule has 0 spiro atoms. The maximum atomic E-state index is 4.50. The number of hydrogen-bond donors (Lipinski definition) is 0. The van der Waals surface area contributed by atoms with E-state index in [-0.39, 0.29) is 20.1 Å². The molecule has 0 aliphatic carbocycles. The van der Waals surface area contributed by atoms with Crippen LogP contribution in [-0.2, 0) is 20.1 Å². The van der Waals surface area contributed by atoms with Gasteiger partial charge in [-0.15, -0.1) is 35.9 Å². The smallest absolute Gasteiger partial charge is 0.0906 e. The number of hydrogen-bond acceptors (Lipinski definition) is 3. The Morgan fingerprint density at radius 3 is 1.68 bits per heavy atom. The summed E-state index contributed by atoms with van der Waals surface area (Å²) in [7, 11) is 0. The standard InChI is InChI=1S/C22H15N3.C11H8N.Ir/c1-3-10-21-17(7-1)18-8-2-4-11-22(18)25(21)16-12-14-24-20(15-16)19-9-5-6-13-23-19;1-2-6-10(7-3-1)11-8-4-5-9-12-11;/h1-15H;1-6,8-9H;/q;-1;. The number of pyridine rings is 3. The quantitative estimate of drug-likeness (QED) is 0.181. The molecule has 0 atom stereocenters. The fourth-order valence-electron chi connectivity index (χ4n) is 4.49. The molecule has 185 valence electrons. The van der Waals surface area contributed by atoms with Gasteiger partial charge in [0.1, 0.15) is 0 Å². The Morgan fingerprint density at radius 2 is 1.08 bits per heavy atom. The second-order valence-corrected chi connectivity index (χ2v) is 8.48. The van der Waals surface area contributed by atoms with E-state index < -0.39 is 0 Å². The van der Waals surface area contributed by atoms with Gasteiger partial charge in [0.15, 0.2) is 0 Å². The van der Waals surface area contributed by atoms with Crippen molar-refractivity contribution in [3.05, 3.63) is 146 Å². The zero-order chi connectivity index (χ0) is 24.9. The van der Waals surface area contributed by atoms with Crippen LogP contribution in [0.15, 0.2) is 140 Å². The van der Waals surface area contributed by atoms with E-state index in [1.54, 1.807) is 12.4 Å². The Morgan fingerprint density at radius 1 is 0.500 bits per heavy atom. The van der Waals surface area contributed by atoms with Crippen molar-refractivity contribution in [2.45, 2.75) is 0 Å². The first-order chi connectivity index (χ1) is 18.4. The molecule has 0 aliphatic heterocycles. The molecule has 0 fully saturated rings. The summed E-state index contributed by atoms with van der Waals surface area (Å²) in [5.41, 5.74) is 7.25. The Bertz CT molecular complexity index is 1670. The van der Waals surface area contributed by atoms with Crippen LogP contribution in [0, 0.1) is 6.07 Å². The molecule has 38 heavy (non-hydrogen) atoms. The minimum atomic E-state index is 0. The molecule has 0 unspecified atom stereocenters. The van der Waals surface area contributed by atoms with Gasteiger partial charge in [0.25, 0.3) is 0 Å². The predicted molar refractivity (Wildman–Crippen MR) is 150 cm³/mol. The normalized spacial score (nSPS) is 10.4. The molecule has 7 rings (SSSR count). The van der Waals surface area contributed by atoms with Crippen molar-refractivity contribution < 1.29 is 20.1 Å². The number of benzene rings is 3. The molecule has 0 saturated carbocycles. The van der Waals surface area contributed by atoms with Crippen molar-refractivity contribution in [3.63, 3.8) is 0 Å². The molecule has 5 heteroatoms. The zero-order valence-electron chi connectivity index (χ0n) is 20.4. The van der Waals surface area contributed by atoms with Crippen molar-refractivity contribution in [1.82, 2.24) is 19.5 Å². The molecule has 0 N–H and O–H groups in total. The minimum Gasteiger partial charge on any atom is -0.309 e. The van der Waals surface area contributed by atoms with Gasteiger partial charge in [-0.25, -0.2) is 0 Å². The van der Waals surface area contributed by atoms with Crippen molar-refractivity contribution in [1.29, 1.82) is 0 Å². The first-order valence-electron chi connectivity index (χ1n) is 12.1. The Labute approximate surface area is 235 Å². The maximum Gasteiger partial charge on any atom is 0.0906 e. The van der Waals surface area contributed by atoms with Crippen molar-refractivity contribution in [2.75, 3.05) is 0 Å². The van der Waals surface area contributed by atoms with E-state index in [9.17, 15) is 0 Å². The average Bonchev–Trinajstić information content (AvgIpc) is 3.33. The van der Waals surface area contributed by atoms with Gasteiger partial charge >= 0.3 is 0 Å². The number of aromatic nitrogens is 4. The van der Waals surface area contributed by atoms with Gasteiger partial charge in [0.05, 0.1) is 22.4 Å². The molecule has 3 aromatic carbocycles. The van der Waals surface area contributed by atoms with Crippen LogP contribution in [0.5, 0.6) is 0 Å². The summed E-state index contributed by atoms with van der Waals surface area (Å²) >= 11 is 0. The summed E-state index contributed by atoms with van der Waals surface area (Å²) in [6.07, 6.45) is 5.43. The largest absolute Gasteiger partial charge is 0.309 e. The molecule has 0 bridgehead atoms. The summed E-state index contributed by atoms with van der Waals surface area (Å²) in [6, 6.07) is 43.9. The molecule has 1 radical (unpaired) electrons. The van der Waals surface area contributed by atoms with Gasteiger partial charge in [0.2, 0.25) is 0 Å². The summed E-state index contributed by atoms with van der Waals surface area (Å²) in [5, 5.41) is 2.52. The van der Waals surface area contributed by atoms with E-state index in [0.29, 0.717) is 0 Å². The number of nitrogens with zero attached hydrogens (tertiary/aromatic N) is 4. The monoisotopic (exact) mass is 668 g/mol. The van der Waals surface area contributed by atoms with E-state index in [1.165, 1.54) is 21.8 Å². The second kappa shape index (κ2) is 11.7. The fourth-order valence-corrected chi connectivity index (χ4v) is 4.49. The Balaban J connectivity index is 0.000000191. The fraction of sp³-hybridized carbons (Fsp3) is 0. The van der Waals surface area contributed by atoms with E-state index >= 15 is 0 Å². The Hall–Kier alpha value is -4.44. The van der Waals surface area contributed by atoms with Gasteiger partial charge in [-0.05, 0) is 48.2 Å². The molecule has 0 amide bonds. The van der Waals surface area contributed by atoms with Gasteiger partial charge in [-0.3, -0.25) is 9.97 Å². The molecule has 7 aromatic rings. The van der Waals surface area contributed by atoms with E-state index in [2.05, 4.69) is 80.2 Å². The maximum absolute atomic E-state index is 4.50. The Kier molecular flexibility index (Phi) is 7.79. The number of para-hydroxylation sites is 2. The molecule has 4 heterocycles. The van der Waals surface area contributed by atoms with E-state index in [1.807, 2.05) is 72.9 Å². The zero-order valence-corrected chi connectivity index (χ0v) is 22.8. The van der Waals surface area contributed by atoms with Crippen LogP contribution in [-0.4, -0.2) is 19.5 Å². The summed E-state index contributed by atoms with van der Waals surface area (Å²) < 4.78 is 2.29. The third kappa shape index (κ3) is 5.16. The minimum absolute atomic E-state index is 0. The van der Waals surface area contributed by atoms with Crippen LogP contribution in [0.2, 0.25) is 0 Å². The van der Waals surface area contributed by atoms with Gasteiger partial charge in [-0.1, -0.05) is 54.6 Å². The van der Waals surface area contributed by atoms with Crippen LogP contribution in [0.1, 0.15) is 0 Å². The van der Waals surface area contributed by atoms with Gasteiger partial charge in [-0.2, -0.15) is 0 Å². The summed E-state index contributed by atoms with van der Waals surface area (Å²) in [5.74, 6) is 0.